The van der Waals surface area contributed by atoms with E-state index in [0.717, 1.165) is 29.8 Å². The van der Waals surface area contributed by atoms with Crippen LogP contribution in [0.3, 0.4) is 0 Å². The van der Waals surface area contributed by atoms with E-state index in [1.165, 1.54) is 0 Å². The van der Waals surface area contributed by atoms with Crippen molar-refractivity contribution in [1.82, 2.24) is 5.32 Å². The van der Waals surface area contributed by atoms with Crippen LogP contribution < -0.4 is 10.6 Å². The highest BCUT2D eigenvalue weighted by Crippen LogP contribution is 2.27. The lowest BCUT2D eigenvalue weighted by Crippen LogP contribution is -2.28. The molecule has 3 nitrogen and oxygen atoms in total. The minimum Gasteiger partial charge on any atom is -0.324 e. The summed E-state index contributed by atoms with van der Waals surface area (Å²) >= 11 is 0. The monoisotopic (exact) mass is 268 g/mol. The minimum absolute atomic E-state index is 0.0122. The molecule has 0 saturated heterocycles. The van der Waals surface area contributed by atoms with E-state index in [2.05, 4.69) is 17.6 Å². The van der Waals surface area contributed by atoms with Gasteiger partial charge in [0.1, 0.15) is 0 Å². The summed E-state index contributed by atoms with van der Waals surface area (Å²) in [6.45, 7) is 3.28. The van der Waals surface area contributed by atoms with Crippen molar-refractivity contribution in [1.29, 1.82) is 0 Å². The van der Waals surface area contributed by atoms with Crippen LogP contribution in [-0.4, -0.2) is 19.0 Å². The molecule has 104 valence electrons. The van der Waals surface area contributed by atoms with Gasteiger partial charge in [-0.25, -0.2) is 0 Å². The van der Waals surface area contributed by atoms with Crippen molar-refractivity contribution in [2.45, 2.75) is 13.3 Å². The predicted octanol–water partition coefficient (Wildman–Crippen LogP) is 3.29. The van der Waals surface area contributed by atoms with E-state index >= 15 is 0 Å². The van der Waals surface area contributed by atoms with Crippen molar-refractivity contribution in [2.24, 2.45) is 0 Å². The van der Waals surface area contributed by atoms with Crippen LogP contribution in [0.4, 0.5) is 5.69 Å². The standard InChI is InChI=1S/C17H20N2O/c1-2-12-18-13-17(20)19-16-11-7-6-10-15(16)14-8-4-3-5-9-14/h3-11,18H,2,12-13H2,1H3,(H,19,20). The molecule has 2 rings (SSSR count). The fraction of sp³-hybridized carbons (Fsp3) is 0.235. The summed E-state index contributed by atoms with van der Waals surface area (Å²) in [5.41, 5.74) is 2.99. The van der Waals surface area contributed by atoms with E-state index in [0.29, 0.717) is 6.54 Å². The van der Waals surface area contributed by atoms with Crippen molar-refractivity contribution in [3.63, 3.8) is 0 Å². The Kier molecular flexibility index (Phi) is 5.33. The Labute approximate surface area is 120 Å². The Hall–Kier alpha value is -2.13. The molecule has 0 aliphatic heterocycles. The molecule has 3 heteroatoms. The molecule has 0 fully saturated rings. The summed E-state index contributed by atoms with van der Waals surface area (Å²) in [5.74, 6) is -0.0122. The third kappa shape index (κ3) is 3.93. The number of carbonyl (C=O) groups is 1. The van der Waals surface area contributed by atoms with Gasteiger partial charge in [-0.2, -0.15) is 0 Å². The summed E-state index contributed by atoms with van der Waals surface area (Å²) in [4.78, 5) is 11.9. The maximum atomic E-state index is 11.9. The molecule has 0 bridgehead atoms. The highest BCUT2D eigenvalue weighted by atomic mass is 16.1. The molecule has 2 N–H and O–H groups in total. The average molecular weight is 268 g/mol. The molecule has 0 heterocycles. The molecule has 0 aromatic heterocycles. The summed E-state index contributed by atoms with van der Waals surface area (Å²) in [6.07, 6.45) is 1.02. The van der Waals surface area contributed by atoms with Gasteiger partial charge in [0.15, 0.2) is 0 Å². The largest absolute Gasteiger partial charge is 0.324 e. The zero-order chi connectivity index (χ0) is 14.2. The SMILES string of the molecule is CCCNCC(=O)Nc1ccccc1-c1ccccc1. The van der Waals surface area contributed by atoms with E-state index in [4.69, 9.17) is 0 Å². The second-order valence-electron chi connectivity index (χ2n) is 4.64. The summed E-state index contributed by atoms with van der Waals surface area (Å²) in [6, 6.07) is 17.9. The van der Waals surface area contributed by atoms with Gasteiger partial charge in [-0.05, 0) is 24.6 Å². The van der Waals surface area contributed by atoms with Crippen molar-refractivity contribution >= 4 is 11.6 Å². The Bertz CT molecular complexity index is 552. The first-order valence-electron chi connectivity index (χ1n) is 6.96. The maximum absolute atomic E-state index is 11.9. The molecule has 2 aromatic rings. The number of para-hydroxylation sites is 1. The fourth-order valence-electron chi connectivity index (χ4n) is 2.03. The topological polar surface area (TPSA) is 41.1 Å². The van der Waals surface area contributed by atoms with Gasteiger partial charge < -0.3 is 10.6 Å². The first-order chi connectivity index (χ1) is 9.81. The third-order valence-electron chi connectivity index (χ3n) is 3.00. The Morgan fingerprint density at radius 2 is 1.70 bits per heavy atom. The minimum atomic E-state index is -0.0122. The van der Waals surface area contributed by atoms with Gasteiger partial charge in [-0.3, -0.25) is 4.79 Å². The molecule has 0 aliphatic carbocycles. The van der Waals surface area contributed by atoms with Crippen LogP contribution in [0.15, 0.2) is 54.6 Å². The van der Waals surface area contributed by atoms with Crippen LogP contribution in [0.2, 0.25) is 0 Å². The van der Waals surface area contributed by atoms with E-state index in [9.17, 15) is 4.79 Å². The highest BCUT2D eigenvalue weighted by molar-refractivity contribution is 5.96. The van der Waals surface area contributed by atoms with E-state index < -0.39 is 0 Å². The zero-order valence-corrected chi connectivity index (χ0v) is 11.7. The molecule has 1 amide bonds. The average Bonchev–Trinajstić information content (AvgIpc) is 2.49. The number of amides is 1. The van der Waals surface area contributed by atoms with Gasteiger partial charge >= 0.3 is 0 Å². The number of nitrogens with one attached hydrogen (secondary N) is 2. The number of anilines is 1. The molecule has 0 saturated carbocycles. The van der Waals surface area contributed by atoms with Crippen LogP contribution >= 0.6 is 0 Å². The maximum Gasteiger partial charge on any atom is 0.238 e. The predicted molar refractivity (Wildman–Crippen MR) is 83.7 cm³/mol. The molecule has 0 atom stereocenters. The van der Waals surface area contributed by atoms with Crippen molar-refractivity contribution in [3.05, 3.63) is 54.6 Å². The smallest absolute Gasteiger partial charge is 0.238 e. The molecule has 2 aromatic carbocycles. The quantitative estimate of drug-likeness (QED) is 0.789. The highest BCUT2D eigenvalue weighted by Gasteiger charge is 2.07. The van der Waals surface area contributed by atoms with Gasteiger partial charge in [0.25, 0.3) is 0 Å². The second kappa shape index (κ2) is 7.46. The molecule has 0 spiro atoms. The van der Waals surface area contributed by atoms with Gasteiger partial charge in [-0.1, -0.05) is 55.5 Å². The number of hydrogen-bond acceptors (Lipinski definition) is 2. The van der Waals surface area contributed by atoms with Crippen LogP contribution in [0.5, 0.6) is 0 Å². The summed E-state index contributed by atoms with van der Waals surface area (Å²) in [5, 5.41) is 6.07. The van der Waals surface area contributed by atoms with Crippen LogP contribution in [0.1, 0.15) is 13.3 Å². The van der Waals surface area contributed by atoms with Crippen molar-refractivity contribution in [2.75, 3.05) is 18.4 Å². The summed E-state index contributed by atoms with van der Waals surface area (Å²) in [7, 11) is 0. The van der Waals surface area contributed by atoms with Crippen molar-refractivity contribution < 1.29 is 4.79 Å². The number of hydrogen-bond donors (Lipinski definition) is 2. The lowest BCUT2D eigenvalue weighted by atomic mass is 10.0. The molecule has 0 aliphatic rings. The van der Waals surface area contributed by atoms with E-state index in [1.807, 2.05) is 54.6 Å². The lowest BCUT2D eigenvalue weighted by molar-refractivity contribution is -0.115. The van der Waals surface area contributed by atoms with Gasteiger partial charge in [0.2, 0.25) is 5.91 Å². The molecule has 20 heavy (non-hydrogen) atoms. The second-order valence-corrected chi connectivity index (χ2v) is 4.64. The van der Waals surface area contributed by atoms with Gasteiger partial charge in [-0.15, -0.1) is 0 Å². The molecular formula is C17H20N2O. The first kappa shape index (κ1) is 14.3. The number of carbonyl (C=O) groups excluding carboxylic acids is 1. The number of benzene rings is 2. The molecule has 0 radical (unpaired) electrons. The Balaban J connectivity index is 2.11. The van der Waals surface area contributed by atoms with E-state index in [-0.39, 0.29) is 5.91 Å². The zero-order valence-electron chi connectivity index (χ0n) is 11.7. The van der Waals surface area contributed by atoms with E-state index in [1.54, 1.807) is 0 Å². The summed E-state index contributed by atoms with van der Waals surface area (Å²) < 4.78 is 0. The third-order valence-corrected chi connectivity index (χ3v) is 3.00. The Morgan fingerprint density at radius 1 is 1.00 bits per heavy atom. The van der Waals surface area contributed by atoms with Crippen LogP contribution in [-0.2, 0) is 4.79 Å². The van der Waals surface area contributed by atoms with Gasteiger partial charge in [0.05, 0.1) is 6.54 Å². The Morgan fingerprint density at radius 3 is 2.45 bits per heavy atom. The molecule has 0 unspecified atom stereocenters. The van der Waals surface area contributed by atoms with Crippen LogP contribution in [0.25, 0.3) is 11.1 Å². The fourth-order valence-corrected chi connectivity index (χ4v) is 2.03. The first-order valence-corrected chi connectivity index (χ1v) is 6.96. The lowest BCUT2D eigenvalue weighted by Gasteiger charge is -2.11. The normalized spacial score (nSPS) is 10.2. The van der Waals surface area contributed by atoms with Crippen molar-refractivity contribution in [3.8, 4) is 11.1 Å². The molecular weight excluding hydrogens is 248 g/mol. The van der Waals surface area contributed by atoms with Crippen LogP contribution in [0, 0.1) is 0 Å². The van der Waals surface area contributed by atoms with Gasteiger partial charge in [0, 0.05) is 11.3 Å². The number of rotatable bonds is 6.